The first-order chi connectivity index (χ1) is 12.3. The third-order valence-corrected chi connectivity index (χ3v) is 5.95. The van der Waals surface area contributed by atoms with Crippen LogP contribution in [0.5, 0.6) is 5.75 Å². The molecule has 0 radical (unpaired) electrons. The zero-order valence-corrected chi connectivity index (χ0v) is 16.2. The highest BCUT2D eigenvalue weighted by molar-refractivity contribution is 7.89. The Morgan fingerprint density at radius 2 is 2.00 bits per heavy atom. The van der Waals surface area contributed by atoms with Crippen molar-refractivity contribution in [3.05, 3.63) is 57.6 Å². The minimum atomic E-state index is -4.09. The number of hydrogen-bond donors (Lipinski definition) is 2. The van der Waals surface area contributed by atoms with Gasteiger partial charge in [-0.2, -0.15) is 0 Å². The van der Waals surface area contributed by atoms with Crippen molar-refractivity contribution in [3.63, 3.8) is 0 Å². The van der Waals surface area contributed by atoms with Crippen LogP contribution in [0, 0.1) is 10.1 Å². The number of halogens is 1. The number of anilines is 1. The Balaban J connectivity index is 0.00000261. The van der Waals surface area contributed by atoms with E-state index in [-0.39, 0.29) is 23.1 Å². The quantitative estimate of drug-likeness (QED) is 0.441. The molecule has 1 unspecified atom stereocenters. The van der Waals surface area contributed by atoms with Crippen LogP contribution in [0.4, 0.5) is 11.4 Å². The molecule has 27 heavy (non-hydrogen) atoms. The molecule has 0 saturated carbocycles. The van der Waals surface area contributed by atoms with Gasteiger partial charge in [0.25, 0.3) is 5.69 Å². The lowest BCUT2D eigenvalue weighted by atomic mass is 9.88. The number of ether oxygens (including phenoxy) is 1. The molecule has 8 nitrogen and oxygen atoms in total. The Morgan fingerprint density at radius 3 is 2.67 bits per heavy atom. The lowest BCUT2D eigenvalue weighted by Gasteiger charge is -2.26. The molecule has 1 atom stereocenters. The van der Waals surface area contributed by atoms with Gasteiger partial charge in [-0.15, -0.1) is 12.4 Å². The molecule has 0 bridgehead atoms. The van der Waals surface area contributed by atoms with E-state index in [2.05, 4.69) is 4.72 Å². The molecule has 0 fully saturated rings. The number of nitrogens with zero attached hydrogens (tertiary/aromatic N) is 1. The van der Waals surface area contributed by atoms with Crippen LogP contribution >= 0.6 is 12.4 Å². The SMILES string of the molecule is COc1ccc(S(=O)(=O)NC2CCCc3cc(N)ccc32)c([N+](=O)[O-])c1.Cl. The van der Waals surface area contributed by atoms with Gasteiger partial charge in [0.05, 0.1) is 18.1 Å². The van der Waals surface area contributed by atoms with E-state index in [4.69, 9.17) is 10.5 Å². The summed E-state index contributed by atoms with van der Waals surface area (Å²) in [7, 11) is -2.73. The molecule has 2 aromatic rings. The number of nitrogens with two attached hydrogens (primary N) is 1. The van der Waals surface area contributed by atoms with Crippen molar-refractivity contribution in [2.75, 3.05) is 12.8 Å². The number of fused-ring (bicyclic) bond motifs is 1. The molecule has 146 valence electrons. The molecule has 3 N–H and O–H groups in total. The van der Waals surface area contributed by atoms with E-state index >= 15 is 0 Å². The highest BCUT2D eigenvalue weighted by Crippen LogP contribution is 2.34. The van der Waals surface area contributed by atoms with Crippen molar-refractivity contribution in [1.82, 2.24) is 4.72 Å². The summed E-state index contributed by atoms with van der Waals surface area (Å²) in [6.07, 6.45) is 2.23. The molecular formula is C17H20ClN3O5S. The van der Waals surface area contributed by atoms with Crippen molar-refractivity contribution >= 4 is 33.8 Å². The Hall–Kier alpha value is -2.36. The Labute approximate surface area is 163 Å². The fourth-order valence-electron chi connectivity index (χ4n) is 3.20. The first kappa shape index (κ1) is 20.9. The number of nitro groups is 1. The van der Waals surface area contributed by atoms with Gasteiger partial charge in [-0.1, -0.05) is 6.07 Å². The van der Waals surface area contributed by atoms with E-state index in [9.17, 15) is 18.5 Å². The number of nitrogens with one attached hydrogen (secondary N) is 1. The van der Waals surface area contributed by atoms with Crippen LogP contribution in [0.15, 0.2) is 41.3 Å². The number of aryl methyl sites for hydroxylation is 1. The number of methoxy groups -OCH3 is 1. The van der Waals surface area contributed by atoms with E-state index in [1.165, 1.54) is 19.2 Å². The van der Waals surface area contributed by atoms with Gasteiger partial charge >= 0.3 is 0 Å². The topological polar surface area (TPSA) is 125 Å². The van der Waals surface area contributed by atoms with E-state index in [1.807, 2.05) is 6.07 Å². The fraction of sp³-hybridized carbons (Fsp3) is 0.294. The van der Waals surface area contributed by atoms with E-state index < -0.39 is 26.7 Å². The normalized spacial score (nSPS) is 16.1. The molecule has 0 aliphatic heterocycles. The maximum Gasteiger partial charge on any atom is 0.293 e. The summed E-state index contributed by atoms with van der Waals surface area (Å²) in [6.45, 7) is 0. The maximum absolute atomic E-state index is 12.8. The first-order valence-corrected chi connectivity index (χ1v) is 9.53. The Bertz CT molecular complexity index is 965. The minimum Gasteiger partial charge on any atom is -0.497 e. The third-order valence-electron chi connectivity index (χ3n) is 4.43. The van der Waals surface area contributed by atoms with Crippen molar-refractivity contribution in [2.24, 2.45) is 0 Å². The van der Waals surface area contributed by atoms with E-state index in [1.54, 1.807) is 12.1 Å². The average Bonchev–Trinajstić information content (AvgIpc) is 2.60. The highest BCUT2D eigenvalue weighted by Gasteiger charge is 2.31. The molecule has 0 saturated heterocycles. The molecule has 0 heterocycles. The second-order valence-electron chi connectivity index (χ2n) is 6.12. The minimum absolute atomic E-state index is 0. The van der Waals surface area contributed by atoms with Crippen LogP contribution < -0.4 is 15.2 Å². The van der Waals surface area contributed by atoms with Crippen LogP contribution in [0.3, 0.4) is 0 Å². The predicted molar refractivity (Wildman–Crippen MR) is 104 cm³/mol. The number of sulfonamides is 1. The van der Waals surface area contributed by atoms with Gasteiger partial charge in [-0.05, 0) is 54.7 Å². The monoisotopic (exact) mass is 413 g/mol. The maximum atomic E-state index is 12.8. The van der Waals surface area contributed by atoms with E-state index in [0.29, 0.717) is 12.1 Å². The van der Waals surface area contributed by atoms with Gasteiger partial charge in [0, 0.05) is 11.7 Å². The standard InChI is InChI=1S/C17H19N3O5S.ClH/c1-25-13-6-8-17(16(10-13)20(21)22)26(23,24)19-15-4-2-3-11-9-12(18)5-7-14(11)15;/h5-10,15,19H,2-4,18H2,1H3;1H. The largest absolute Gasteiger partial charge is 0.497 e. The Kier molecular flexibility index (Phi) is 6.30. The van der Waals surface area contributed by atoms with Gasteiger partial charge in [0.15, 0.2) is 4.90 Å². The molecule has 1 aliphatic carbocycles. The van der Waals surface area contributed by atoms with Gasteiger partial charge in [0.2, 0.25) is 10.0 Å². The Morgan fingerprint density at radius 1 is 1.26 bits per heavy atom. The van der Waals surface area contributed by atoms with Crippen molar-refractivity contribution in [2.45, 2.75) is 30.2 Å². The van der Waals surface area contributed by atoms with Crippen molar-refractivity contribution in [3.8, 4) is 5.75 Å². The molecule has 1 aliphatic rings. The van der Waals surface area contributed by atoms with Crippen LogP contribution in [-0.2, 0) is 16.4 Å². The summed E-state index contributed by atoms with van der Waals surface area (Å²) in [5, 5.41) is 11.3. The summed E-state index contributed by atoms with van der Waals surface area (Å²) >= 11 is 0. The fourth-order valence-corrected chi connectivity index (χ4v) is 4.60. The third kappa shape index (κ3) is 4.32. The second kappa shape index (κ2) is 8.12. The van der Waals surface area contributed by atoms with Crippen LogP contribution in [0.1, 0.15) is 30.0 Å². The van der Waals surface area contributed by atoms with Gasteiger partial charge < -0.3 is 10.5 Å². The van der Waals surface area contributed by atoms with E-state index in [0.717, 1.165) is 30.0 Å². The van der Waals surface area contributed by atoms with Crippen LogP contribution in [-0.4, -0.2) is 20.5 Å². The molecular weight excluding hydrogens is 394 g/mol. The van der Waals surface area contributed by atoms with Crippen molar-refractivity contribution in [1.29, 1.82) is 0 Å². The number of nitro benzene ring substituents is 1. The average molecular weight is 414 g/mol. The van der Waals surface area contributed by atoms with Crippen LogP contribution in [0.25, 0.3) is 0 Å². The summed E-state index contributed by atoms with van der Waals surface area (Å²) in [5.74, 6) is 0.217. The van der Waals surface area contributed by atoms with Gasteiger partial charge in [-0.3, -0.25) is 10.1 Å². The zero-order valence-electron chi connectivity index (χ0n) is 14.5. The van der Waals surface area contributed by atoms with Gasteiger partial charge in [0.1, 0.15) is 5.75 Å². The molecule has 2 aromatic carbocycles. The number of rotatable bonds is 5. The van der Waals surface area contributed by atoms with Crippen LogP contribution in [0.2, 0.25) is 0 Å². The summed E-state index contributed by atoms with van der Waals surface area (Å²) in [6, 6.07) is 8.59. The summed E-state index contributed by atoms with van der Waals surface area (Å²) < 4.78 is 33.2. The molecule has 0 aromatic heterocycles. The lowest BCUT2D eigenvalue weighted by Crippen LogP contribution is -2.31. The summed E-state index contributed by atoms with van der Waals surface area (Å²) in [4.78, 5) is 10.2. The zero-order chi connectivity index (χ0) is 18.9. The smallest absolute Gasteiger partial charge is 0.293 e. The second-order valence-corrected chi connectivity index (χ2v) is 7.80. The number of nitrogen functional groups attached to an aromatic ring is 1. The molecule has 0 amide bonds. The lowest BCUT2D eigenvalue weighted by molar-refractivity contribution is -0.387. The summed E-state index contributed by atoms with van der Waals surface area (Å²) in [5.41, 5.74) is 7.75. The number of benzene rings is 2. The highest BCUT2D eigenvalue weighted by atomic mass is 35.5. The first-order valence-electron chi connectivity index (χ1n) is 8.05. The predicted octanol–water partition coefficient (Wildman–Crippen LogP) is 2.96. The molecule has 0 spiro atoms. The van der Waals surface area contributed by atoms with Crippen molar-refractivity contribution < 1.29 is 18.1 Å². The molecule has 3 rings (SSSR count). The van der Waals surface area contributed by atoms with Gasteiger partial charge in [-0.25, -0.2) is 13.1 Å². The number of hydrogen-bond acceptors (Lipinski definition) is 6. The molecule has 10 heteroatoms.